The van der Waals surface area contributed by atoms with E-state index < -0.39 is 0 Å². The number of nitrogens with zero attached hydrogens (tertiary/aromatic N) is 4. The molecule has 158 valence electrons. The fourth-order valence-corrected chi connectivity index (χ4v) is 3.57. The molecule has 0 aliphatic carbocycles. The summed E-state index contributed by atoms with van der Waals surface area (Å²) in [4.78, 5) is 22.6. The Balaban J connectivity index is 1.43. The van der Waals surface area contributed by atoms with Crippen molar-refractivity contribution < 1.29 is 9.53 Å². The Bertz CT molecular complexity index is 1010. The molecule has 2 aromatic heterocycles. The lowest BCUT2D eigenvalue weighted by Crippen LogP contribution is -2.32. The Labute approximate surface area is 175 Å². The minimum atomic E-state index is -0.0895. The molecule has 1 aromatic carbocycles. The molecular weight excluding hydrogens is 382 g/mol. The topological polar surface area (TPSA) is 108 Å². The highest BCUT2D eigenvalue weighted by Crippen LogP contribution is 2.27. The summed E-state index contributed by atoms with van der Waals surface area (Å²) >= 11 is 0. The van der Waals surface area contributed by atoms with Crippen LogP contribution in [-0.4, -0.2) is 64.8 Å². The molecule has 1 saturated heterocycles. The Morgan fingerprint density at radius 3 is 2.90 bits per heavy atom. The van der Waals surface area contributed by atoms with Crippen LogP contribution in [0.4, 0.5) is 11.6 Å². The molecule has 0 spiro atoms. The van der Waals surface area contributed by atoms with E-state index >= 15 is 0 Å². The van der Waals surface area contributed by atoms with Gasteiger partial charge in [0.2, 0.25) is 5.91 Å². The van der Waals surface area contributed by atoms with Crippen LogP contribution < -0.4 is 15.4 Å². The number of aromatic amines is 1. The Hall–Kier alpha value is -3.20. The van der Waals surface area contributed by atoms with Crippen LogP contribution >= 0.6 is 0 Å². The van der Waals surface area contributed by atoms with Gasteiger partial charge < -0.3 is 20.3 Å². The van der Waals surface area contributed by atoms with Gasteiger partial charge in [0, 0.05) is 24.6 Å². The molecule has 3 heterocycles. The first-order valence-electron chi connectivity index (χ1n) is 10.2. The molecule has 1 amide bonds. The van der Waals surface area contributed by atoms with Crippen LogP contribution in [0.1, 0.15) is 18.5 Å². The van der Waals surface area contributed by atoms with Gasteiger partial charge in [-0.2, -0.15) is 5.10 Å². The monoisotopic (exact) mass is 409 g/mol. The third-order valence-electron chi connectivity index (χ3n) is 5.44. The molecule has 0 unspecified atom stereocenters. The fraction of sp³-hybridized carbons (Fsp3) is 0.429. The second-order valence-corrected chi connectivity index (χ2v) is 7.71. The van der Waals surface area contributed by atoms with E-state index in [1.54, 1.807) is 13.1 Å². The predicted octanol–water partition coefficient (Wildman–Crippen LogP) is 2.11. The average molecular weight is 409 g/mol. The van der Waals surface area contributed by atoms with Gasteiger partial charge in [-0.05, 0) is 51.0 Å². The van der Waals surface area contributed by atoms with Crippen molar-refractivity contribution >= 4 is 28.4 Å². The number of likely N-dealkylation sites (tertiary alicyclic amines) is 1. The number of carbonyl (C=O) groups excluding carboxylic acids is 1. The van der Waals surface area contributed by atoms with Crippen LogP contribution in [0.2, 0.25) is 0 Å². The van der Waals surface area contributed by atoms with Crippen LogP contribution in [-0.2, 0) is 11.2 Å². The molecule has 9 heteroatoms. The van der Waals surface area contributed by atoms with Crippen molar-refractivity contribution in [2.24, 2.45) is 5.92 Å². The first-order chi connectivity index (χ1) is 14.6. The van der Waals surface area contributed by atoms with Gasteiger partial charge in [-0.25, -0.2) is 9.97 Å². The van der Waals surface area contributed by atoms with Gasteiger partial charge in [-0.15, -0.1) is 0 Å². The number of amides is 1. The summed E-state index contributed by atoms with van der Waals surface area (Å²) in [5.41, 5.74) is 1.46. The molecule has 3 N–H and O–H groups in total. The molecule has 3 aromatic rings. The predicted molar refractivity (Wildman–Crippen MR) is 115 cm³/mol. The van der Waals surface area contributed by atoms with Gasteiger partial charge in [-0.1, -0.05) is 0 Å². The number of ether oxygens (including phenoxy) is 1. The van der Waals surface area contributed by atoms with Gasteiger partial charge in [0.05, 0.1) is 24.2 Å². The van der Waals surface area contributed by atoms with Crippen LogP contribution in [0.5, 0.6) is 5.75 Å². The fourth-order valence-electron chi connectivity index (χ4n) is 3.57. The van der Waals surface area contributed by atoms with Gasteiger partial charge >= 0.3 is 0 Å². The molecule has 4 rings (SSSR count). The highest BCUT2D eigenvalue weighted by Gasteiger charge is 2.17. The van der Waals surface area contributed by atoms with Gasteiger partial charge in [0.25, 0.3) is 0 Å². The highest BCUT2D eigenvalue weighted by atomic mass is 16.5. The first-order valence-corrected chi connectivity index (χ1v) is 10.2. The molecule has 1 aliphatic heterocycles. The Morgan fingerprint density at radius 1 is 1.27 bits per heavy atom. The number of benzene rings is 1. The quantitative estimate of drug-likeness (QED) is 0.548. The van der Waals surface area contributed by atoms with Crippen molar-refractivity contribution in [3.63, 3.8) is 0 Å². The summed E-state index contributed by atoms with van der Waals surface area (Å²) < 4.78 is 6.04. The van der Waals surface area contributed by atoms with E-state index in [4.69, 9.17) is 4.74 Å². The average Bonchev–Trinajstić information content (AvgIpc) is 3.20. The summed E-state index contributed by atoms with van der Waals surface area (Å²) in [7, 11) is 3.77. The first kappa shape index (κ1) is 20.1. The highest BCUT2D eigenvalue weighted by molar-refractivity contribution is 5.91. The number of fused-ring (bicyclic) bond motifs is 1. The molecule has 1 fully saturated rings. The van der Waals surface area contributed by atoms with E-state index in [-0.39, 0.29) is 12.3 Å². The lowest BCUT2D eigenvalue weighted by molar-refractivity contribution is -0.120. The van der Waals surface area contributed by atoms with E-state index in [1.807, 2.05) is 18.2 Å². The zero-order valence-electron chi connectivity index (χ0n) is 17.3. The van der Waals surface area contributed by atoms with Crippen molar-refractivity contribution in [2.45, 2.75) is 19.3 Å². The van der Waals surface area contributed by atoms with Crippen molar-refractivity contribution in [3.8, 4) is 5.75 Å². The number of aromatic nitrogens is 4. The lowest BCUT2D eigenvalue weighted by Gasteiger charge is -2.28. The lowest BCUT2D eigenvalue weighted by atomic mass is 9.98. The normalized spacial score (nSPS) is 15.3. The number of anilines is 2. The zero-order valence-corrected chi connectivity index (χ0v) is 17.3. The number of nitrogens with one attached hydrogen (secondary N) is 3. The number of piperidine rings is 1. The minimum absolute atomic E-state index is 0.0895. The van der Waals surface area contributed by atoms with Crippen LogP contribution in [0.25, 0.3) is 10.9 Å². The second kappa shape index (κ2) is 9.08. The van der Waals surface area contributed by atoms with E-state index in [9.17, 15) is 4.79 Å². The summed E-state index contributed by atoms with van der Waals surface area (Å²) in [6, 6.07) is 7.66. The largest absolute Gasteiger partial charge is 0.493 e. The molecular formula is C21H27N7O2. The maximum Gasteiger partial charge on any atom is 0.225 e. The molecule has 30 heavy (non-hydrogen) atoms. The van der Waals surface area contributed by atoms with Gasteiger partial charge in [0.1, 0.15) is 23.7 Å². The zero-order chi connectivity index (χ0) is 20.9. The summed E-state index contributed by atoms with van der Waals surface area (Å²) in [6.45, 7) is 3.00. The molecule has 0 saturated carbocycles. The van der Waals surface area contributed by atoms with Crippen molar-refractivity contribution in [3.05, 3.63) is 36.3 Å². The van der Waals surface area contributed by atoms with Crippen molar-refractivity contribution in [1.82, 2.24) is 30.4 Å². The van der Waals surface area contributed by atoms with Gasteiger partial charge in [-0.3, -0.25) is 9.89 Å². The summed E-state index contributed by atoms with van der Waals surface area (Å²) in [5, 5.41) is 13.7. The molecule has 0 radical (unpaired) electrons. The SMILES string of the molecule is CNC(=O)Cc1cc(Nc2ncnc3cc(OCC4CCN(C)CC4)ccc23)[nH]n1. The molecule has 0 bridgehead atoms. The smallest absolute Gasteiger partial charge is 0.225 e. The van der Waals surface area contributed by atoms with Crippen LogP contribution in [0.3, 0.4) is 0 Å². The maximum absolute atomic E-state index is 11.5. The van der Waals surface area contributed by atoms with E-state index in [0.717, 1.165) is 36.3 Å². The third-order valence-corrected chi connectivity index (χ3v) is 5.44. The number of likely N-dealkylation sites (N-methyl/N-ethyl adjacent to an activating group) is 1. The second-order valence-electron chi connectivity index (χ2n) is 7.71. The Kier molecular flexibility index (Phi) is 6.08. The van der Waals surface area contributed by atoms with Crippen LogP contribution in [0, 0.1) is 5.92 Å². The Morgan fingerprint density at radius 2 is 2.10 bits per heavy atom. The maximum atomic E-state index is 11.5. The standard InChI is InChI=1S/C21H27N7O2/c1-22-20(29)10-15-9-19(27-26-15)25-21-17-4-3-16(11-18(17)23-13-24-21)30-12-14-5-7-28(2)8-6-14/h3-4,9,11,13-14H,5-8,10,12H2,1-2H3,(H,22,29)(H2,23,24,25,26,27). The van der Waals surface area contributed by atoms with Crippen LogP contribution in [0.15, 0.2) is 30.6 Å². The number of rotatable bonds is 7. The van der Waals surface area contributed by atoms with E-state index in [2.05, 4.69) is 42.7 Å². The number of H-pyrrole nitrogens is 1. The van der Waals surface area contributed by atoms with E-state index in [0.29, 0.717) is 23.2 Å². The molecule has 1 aliphatic rings. The number of hydrogen-bond acceptors (Lipinski definition) is 7. The van der Waals surface area contributed by atoms with E-state index in [1.165, 1.54) is 19.2 Å². The number of hydrogen-bond donors (Lipinski definition) is 3. The third kappa shape index (κ3) is 4.85. The molecule has 9 nitrogen and oxygen atoms in total. The van der Waals surface area contributed by atoms with Crippen molar-refractivity contribution in [2.75, 3.05) is 39.1 Å². The van der Waals surface area contributed by atoms with Crippen molar-refractivity contribution in [1.29, 1.82) is 0 Å². The number of carbonyl (C=O) groups is 1. The molecule has 0 atom stereocenters. The summed E-state index contributed by atoms with van der Waals surface area (Å²) in [6.07, 6.45) is 4.09. The van der Waals surface area contributed by atoms with Gasteiger partial charge in [0.15, 0.2) is 0 Å². The minimum Gasteiger partial charge on any atom is -0.493 e. The summed E-state index contributed by atoms with van der Waals surface area (Å²) in [5.74, 6) is 2.66.